The van der Waals surface area contributed by atoms with Crippen molar-refractivity contribution < 1.29 is 24.2 Å². The van der Waals surface area contributed by atoms with Crippen molar-refractivity contribution in [2.45, 2.75) is 46.1 Å². The molecule has 1 N–H and O–H groups in total. The fourth-order valence-corrected chi connectivity index (χ4v) is 4.82. The topological polar surface area (TPSA) is 76.1 Å². The number of nitrogens with zero attached hydrogens (tertiary/aromatic N) is 1. The second-order valence-corrected chi connectivity index (χ2v) is 10.5. The van der Waals surface area contributed by atoms with E-state index in [-0.39, 0.29) is 16.7 Å². The zero-order valence-corrected chi connectivity index (χ0v) is 22.4. The van der Waals surface area contributed by atoms with Crippen LogP contribution in [0.25, 0.3) is 5.76 Å². The number of Topliss-reactive ketones (excluding diaryl/α,β-unsaturated/α-hetero) is 1. The summed E-state index contributed by atoms with van der Waals surface area (Å²) < 4.78 is 11.0. The van der Waals surface area contributed by atoms with Crippen LogP contribution in [0.5, 0.6) is 11.5 Å². The number of aliphatic hydroxyl groups excluding tert-OH is 1. The molecule has 1 atom stereocenters. The number of aliphatic hydroxyl groups is 1. The van der Waals surface area contributed by atoms with Crippen LogP contribution in [0.15, 0.2) is 66.2 Å². The average Bonchev–Trinajstić information content (AvgIpc) is 3.12. The van der Waals surface area contributed by atoms with E-state index < -0.39 is 17.7 Å². The zero-order valence-electron chi connectivity index (χ0n) is 22.4. The zero-order chi connectivity index (χ0) is 27.1. The summed E-state index contributed by atoms with van der Waals surface area (Å²) in [4.78, 5) is 28.6. The van der Waals surface area contributed by atoms with E-state index in [0.717, 1.165) is 16.7 Å². The van der Waals surface area contributed by atoms with Crippen molar-refractivity contribution in [2.24, 2.45) is 0 Å². The summed E-state index contributed by atoms with van der Waals surface area (Å²) >= 11 is 0. The first-order valence-electron chi connectivity index (χ1n) is 12.2. The Morgan fingerprint density at radius 2 is 1.57 bits per heavy atom. The van der Waals surface area contributed by atoms with Crippen molar-refractivity contribution in [2.75, 3.05) is 19.1 Å². The molecule has 6 nitrogen and oxygen atoms in total. The minimum absolute atomic E-state index is 0.00164. The highest BCUT2D eigenvalue weighted by Gasteiger charge is 2.47. The molecule has 192 valence electrons. The molecular formula is C31H33NO5. The number of anilines is 1. The van der Waals surface area contributed by atoms with Crippen LogP contribution in [-0.4, -0.2) is 31.0 Å². The molecule has 0 saturated carbocycles. The molecule has 1 aliphatic heterocycles. The molecule has 37 heavy (non-hydrogen) atoms. The van der Waals surface area contributed by atoms with Gasteiger partial charge in [0.05, 0.1) is 31.4 Å². The van der Waals surface area contributed by atoms with Crippen molar-refractivity contribution in [3.05, 3.63) is 94.1 Å². The van der Waals surface area contributed by atoms with Crippen molar-refractivity contribution >= 4 is 23.1 Å². The minimum Gasteiger partial charge on any atom is -0.507 e. The number of hydrogen-bond acceptors (Lipinski definition) is 5. The molecule has 0 aromatic heterocycles. The number of hydrogen-bond donors (Lipinski definition) is 1. The second-order valence-electron chi connectivity index (χ2n) is 10.5. The van der Waals surface area contributed by atoms with Gasteiger partial charge in [0.15, 0.2) is 0 Å². The van der Waals surface area contributed by atoms with E-state index in [9.17, 15) is 14.7 Å². The molecule has 4 rings (SSSR count). The lowest BCUT2D eigenvalue weighted by Crippen LogP contribution is -2.29. The van der Waals surface area contributed by atoms with E-state index in [1.54, 1.807) is 31.4 Å². The molecule has 1 heterocycles. The number of amides is 1. The molecule has 6 heteroatoms. The first-order valence-corrected chi connectivity index (χ1v) is 12.2. The Hall–Kier alpha value is -4.06. The summed E-state index contributed by atoms with van der Waals surface area (Å²) in [5.74, 6) is -0.748. The normalized spacial score (nSPS) is 17.3. The number of carbonyl (C=O) groups is 2. The molecule has 3 aromatic carbocycles. The Kier molecular flexibility index (Phi) is 6.87. The maximum Gasteiger partial charge on any atom is 0.300 e. The summed E-state index contributed by atoms with van der Waals surface area (Å²) in [5.41, 5.74) is 4.26. The number of rotatable bonds is 5. The Balaban J connectivity index is 2.03. The quantitative estimate of drug-likeness (QED) is 0.255. The van der Waals surface area contributed by atoms with Crippen LogP contribution in [0.2, 0.25) is 0 Å². The lowest BCUT2D eigenvalue weighted by atomic mass is 9.85. The van der Waals surface area contributed by atoms with Gasteiger partial charge in [0.1, 0.15) is 17.3 Å². The number of benzene rings is 3. The van der Waals surface area contributed by atoms with Gasteiger partial charge in [-0.2, -0.15) is 0 Å². The van der Waals surface area contributed by atoms with Gasteiger partial charge in [0.2, 0.25) is 0 Å². The van der Waals surface area contributed by atoms with Gasteiger partial charge in [0, 0.05) is 5.69 Å². The smallest absolute Gasteiger partial charge is 0.300 e. The minimum atomic E-state index is -0.862. The standard InChI is InChI=1S/C31H33NO5/c1-18-13-19(2)15-22(14-18)32-27(20-9-8-10-23(16-20)36-6)26(29(34)30(32)35)28(33)24-17-21(31(3,4)5)11-12-25(24)37-7/h8-17,27,33H,1-7H3/b28-26+. The monoisotopic (exact) mass is 499 g/mol. The molecule has 3 aromatic rings. The van der Waals surface area contributed by atoms with Gasteiger partial charge in [-0.05, 0) is 77.9 Å². The lowest BCUT2D eigenvalue weighted by molar-refractivity contribution is -0.132. The van der Waals surface area contributed by atoms with Crippen molar-refractivity contribution in [3.8, 4) is 11.5 Å². The summed E-state index contributed by atoms with van der Waals surface area (Å²) in [7, 11) is 3.07. The number of carbonyl (C=O) groups excluding carboxylic acids is 2. The molecule has 0 spiro atoms. The fourth-order valence-electron chi connectivity index (χ4n) is 4.82. The largest absolute Gasteiger partial charge is 0.507 e. The average molecular weight is 500 g/mol. The number of aryl methyl sites for hydroxylation is 2. The SMILES string of the molecule is COc1cccc(C2/C(=C(\O)c3cc(C(C)(C)C)ccc3OC)C(=O)C(=O)N2c2cc(C)cc(C)c2)c1. The van der Waals surface area contributed by atoms with Crippen LogP contribution in [0, 0.1) is 13.8 Å². The highest BCUT2D eigenvalue weighted by Crippen LogP contribution is 2.44. The predicted octanol–water partition coefficient (Wildman–Crippen LogP) is 6.24. The molecule has 0 bridgehead atoms. The van der Waals surface area contributed by atoms with Crippen molar-refractivity contribution in [1.29, 1.82) is 0 Å². The number of ketones is 1. The van der Waals surface area contributed by atoms with Gasteiger partial charge in [0.25, 0.3) is 11.7 Å². The van der Waals surface area contributed by atoms with Crippen LogP contribution in [0.3, 0.4) is 0 Å². The van der Waals surface area contributed by atoms with E-state index in [4.69, 9.17) is 9.47 Å². The van der Waals surface area contributed by atoms with Crippen LogP contribution in [-0.2, 0) is 15.0 Å². The van der Waals surface area contributed by atoms with E-state index in [1.165, 1.54) is 12.0 Å². The van der Waals surface area contributed by atoms with E-state index in [1.807, 2.05) is 50.2 Å². The highest BCUT2D eigenvalue weighted by atomic mass is 16.5. The van der Waals surface area contributed by atoms with Crippen LogP contribution in [0.1, 0.15) is 54.6 Å². The molecule has 1 unspecified atom stereocenters. The summed E-state index contributed by atoms with van der Waals surface area (Å²) in [6, 6.07) is 17.6. The maximum atomic E-state index is 13.6. The Labute approximate surface area is 218 Å². The first kappa shape index (κ1) is 26.0. The summed E-state index contributed by atoms with van der Waals surface area (Å²) in [6.45, 7) is 10.1. The highest BCUT2D eigenvalue weighted by molar-refractivity contribution is 6.51. The maximum absolute atomic E-state index is 13.6. The van der Waals surface area contributed by atoms with Gasteiger partial charge >= 0.3 is 0 Å². The van der Waals surface area contributed by atoms with Crippen molar-refractivity contribution in [1.82, 2.24) is 0 Å². The van der Waals surface area contributed by atoms with Gasteiger partial charge in [-0.3, -0.25) is 14.5 Å². The van der Waals surface area contributed by atoms with Crippen LogP contribution in [0.4, 0.5) is 5.69 Å². The fraction of sp³-hybridized carbons (Fsp3) is 0.290. The van der Waals surface area contributed by atoms with Gasteiger partial charge < -0.3 is 14.6 Å². The lowest BCUT2D eigenvalue weighted by Gasteiger charge is -2.27. The molecule has 0 aliphatic carbocycles. The molecule has 0 radical (unpaired) electrons. The first-order chi connectivity index (χ1) is 17.5. The third-order valence-corrected chi connectivity index (χ3v) is 6.66. The van der Waals surface area contributed by atoms with Gasteiger partial charge in [-0.25, -0.2) is 0 Å². The Morgan fingerprint density at radius 1 is 0.892 bits per heavy atom. The van der Waals surface area contributed by atoms with Crippen LogP contribution >= 0.6 is 0 Å². The summed E-state index contributed by atoms with van der Waals surface area (Å²) in [5, 5.41) is 11.7. The molecule has 1 aliphatic rings. The second kappa shape index (κ2) is 9.77. The van der Waals surface area contributed by atoms with E-state index in [2.05, 4.69) is 20.8 Å². The predicted molar refractivity (Wildman–Crippen MR) is 145 cm³/mol. The Morgan fingerprint density at radius 3 is 2.16 bits per heavy atom. The van der Waals surface area contributed by atoms with Gasteiger partial charge in [-0.15, -0.1) is 0 Å². The van der Waals surface area contributed by atoms with Crippen molar-refractivity contribution in [3.63, 3.8) is 0 Å². The number of methoxy groups -OCH3 is 2. The molecule has 1 saturated heterocycles. The molecule has 1 amide bonds. The third kappa shape index (κ3) is 4.84. The summed E-state index contributed by atoms with van der Waals surface area (Å²) in [6.07, 6.45) is 0. The molecular weight excluding hydrogens is 466 g/mol. The Bertz CT molecular complexity index is 1390. The van der Waals surface area contributed by atoms with Gasteiger partial charge in [-0.1, -0.05) is 45.0 Å². The number of ether oxygens (including phenoxy) is 2. The third-order valence-electron chi connectivity index (χ3n) is 6.66. The van der Waals surface area contributed by atoms with Crippen LogP contribution < -0.4 is 14.4 Å². The van der Waals surface area contributed by atoms with E-state index in [0.29, 0.717) is 28.3 Å². The van der Waals surface area contributed by atoms with E-state index >= 15 is 0 Å². The molecule has 1 fully saturated rings.